The van der Waals surface area contributed by atoms with Gasteiger partial charge in [-0.3, -0.25) is 23.7 Å². The molecule has 0 spiro atoms. The highest BCUT2D eigenvalue weighted by atomic mass is 35.5. The van der Waals surface area contributed by atoms with Gasteiger partial charge in [0.15, 0.2) is 11.0 Å². The first-order valence-electron chi connectivity index (χ1n) is 12.2. The molecular weight excluding hydrogens is 531 g/mol. The van der Waals surface area contributed by atoms with Gasteiger partial charge in [-0.05, 0) is 45.1 Å². The number of aliphatic hydroxyl groups is 1. The smallest absolute Gasteiger partial charge is 0.380 e. The zero-order chi connectivity index (χ0) is 28.4. The number of aryl methyl sites for hydroxylation is 1. The molecule has 3 rings (SSSR count). The van der Waals surface area contributed by atoms with Crippen LogP contribution in [0.15, 0.2) is 41.3 Å². The largest absolute Gasteiger partial charge is 0.463 e. The van der Waals surface area contributed by atoms with Gasteiger partial charge in [-0.2, -0.15) is 0 Å². The number of carbonyl (C=O) groups excluding carboxylic acids is 1. The minimum Gasteiger partial charge on any atom is -0.463 e. The fourth-order valence-electron chi connectivity index (χ4n) is 3.36. The lowest BCUT2D eigenvalue weighted by atomic mass is 10.2. The number of aliphatic hydroxyl groups excluding tert-OH is 1. The second kappa shape index (κ2) is 12.0. The summed E-state index contributed by atoms with van der Waals surface area (Å²) in [6, 6.07) is 7.93. The van der Waals surface area contributed by atoms with Crippen molar-refractivity contribution < 1.29 is 35.7 Å². The van der Waals surface area contributed by atoms with Crippen molar-refractivity contribution >= 4 is 37.4 Å². The minimum absolute atomic E-state index is 0.0545. The lowest BCUT2D eigenvalue weighted by molar-refractivity contribution is -0.151. The Morgan fingerprint density at radius 2 is 2.03 bits per heavy atom. The molecule has 1 aliphatic heterocycles. The van der Waals surface area contributed by atoms with Crippen molar-refractivity contribution in [2.24, 2.45) is 5.92 Å². The Labute approximate surface area is 221 Å². The van der Waals surface area contributed by atoms with Crippen LogP contribution in [0.25, 0.3) is 0 Å². The minimum atomic E-state index is -4.42. The highest BCUT2D eigenvalue weighted by Gasteiger charge is 2.45. The molecule has 0 saturated carbocycles. The van der Waals surface area contributed by atoms with Crippen LogP contribution in [0.2, 0.25) is 0 Å². The summed E-state index contributed by atoms with van der Waals surface area (Å²) < 4.78 is 54.2. The molecule has 2 heterocycles. The van der Waals surface area contributed by atoms with Gasteiger partial charge in [-0.1, -0.05) is 25.1 Å². The number of ether oxygens (including phenoxy) is 2. The number of hydrogen-bond donors (Lipinski definition) is 2. The zero-order valence-corrected chi connectivity index (χ0v) is 22.6. The number of esters is 1. The van der Waals surface area contributed by atoms with Crippen LogP contribution >= 0.6 is 31.4 Å². The summed E-state index contributed by atoms with van der Waals surface area (Å²) in [5.74, 6) is -1.53. The summed E-state index contributed by atoms with van der Waals surface area (Å²) in [7, 11) is -4.42. The van der Waals surface area contributed by atoms with Crippen molar-refractivity contribution in [1.29, 1.82) is 0 Å². The van der Waals surface area contributed by atoms with Crippen LogP contribution in [0.3, 0.4) is 0 Å². The molecule has 1 aromatic carbocycles. The van der Waals surface area contributed by atoms with E-state index >= 15 is 0 Å². The molecule has 0 radical (unpaired) electrons. The first-order valence-corrected chi connectivity index (χ1v) is 13.8. The first-order chi connectivity index (χ1) is 17.6. The molecule has 0 bridgehead atoms. The highest BCUT2D eigenvalue weighted by Crippen LogP contribution is 2.51. The maximum atomic E-state index is 13.9. The maximum Gasteiger partial charge on any atom is 0.380 e. The molecule has 0 amide bonds. The molecular formula is C23H30ClN2O8PS. The number of nitrogens with one attached hydrogen (secondary N) is 1. The number of aromatic amines is 1. The molecule has 1 fully saturated rings. The van der Waals surface area contributed by atoms with Gasteiger partial charge in [0, 0.05) is 11.8 Å². The second-order valence-electron chi connectivity index (χ2n) is 8.65. The monoisotopic (exact) mass is 562 g/mol. The molecule has 0 aliphatic carbocycles. The van der Waals surface area contributed by atoms with Crippen LogP contribution in [-0.2, 0) is 23.4 Å². The van der Waals surface area contributed by atoms with Crippen LogP contribution in [0.1, 0.15) is 35.3 Å². The Balaban J connectivity index is 1.90. The van der Waals surface area contributed by atoms with E-state index in [4.69, 9.17) is 45.1 Å². The van der Waals surface area contributed by atoms with Crippen molar-refractivity contribution in [2.45, 2.75) is 57.6 Å². The van der Waals surface area contributed by atoms with Gasteiger partial charge in [0.05, 0.1) is 27.5 Å². The molecule has 13 heteroatoms. The van der Waals surface area contributed by atoms with E-state index in [0.29, 0.717) is 0 Å². The molecule has 2 N–H and O–H groups in total. The van der Waals surface area contributed by atoms with E-state index in [1.165, 1.54) is 36.7 Å². The van der Waals surface area contributed by atoms with Gasteiger partial charge in [0.1, 0.15) is 23.3 Å². The summed E-state index contributed by atoms with van der Waals surface area (Å²) in [6.45, 7) is 3.39. The second-order valence-corrected chi connectivity index (χ2v) is 11.5. The van der Waals surface area contributed by atoms with Gasteiger partial charge in [-0.25, -0.2) is 4.57 Å². The van der Waals surface area contributed by atoms with E-state index in [9.17, 15) is 19.3 Å². The third-order valence-corrected chi connectivity index (χ3v) is 7.82. The molecule has 198 valence electrons. The Morgan fingerprint density at radius 1 is 1.36 bits per heavy atom. The van der Waals surface area contributed by atoms with Crippen LogP contribution in [0.4, 0.5) is 0 Å². The topological polar surface area (TPSA) is 129 Å². The number of halogens is 1. The molecule has 6 atom stereocenters. The van der Waals surface area contributed by atoms with Crippen molar-refractivity contribution in [2.75, 3.05) is 12.7 Å². The summed E-state index contributed by atoms with van der Waals surface area (Å²) >= 11 is 11.6. The van der Waals surface area contributed by atoms with Crippen LogP contribution in [0.5, 0.6) is 5.75 Å². The number of rotatable bonds is 10. The van der Waals surface area contributed by atoms with Crippen molar-refractivity contribution in [3.8, 4) is 5.75 Å². The fraction of sp³-hybridized carbons (Fsp3) is 0.522. The molecule has 1 aliphatic rings. The maximum absolute atomic E-state index is 13.9. The predicted octanol–water partition coefficient (Wildman–Crippen LogP) is 3.96. The van der Waals surface area contributed by atoms with Crippen LogP contribution < -0.4 is 10.1 Å². The van der Waals surface area contributed by atoms with E-state index in [1.54, 1.807) is 32.0 Å². The van der Waals surface area contributed by atoms with Crippen LogP contribution in [-0.4, -0.2) is 57.0 Å². The number of aromatic nitrogens is 2. The van der Waals surface area contributed by atoms with Crippen LogP contribution in [0, 0.1) is 17.6 Å². The number of para-hydroxylation sites is 1. The van der Waals surface area contributed by atoms with E-state index in [2.05, 4.69) is 4.98 Å². The Morgan fingerprint density at radius 3 is 2.67 bits per heavy atom. The Kier molecular flexibility index (Phi) is 8.56. The summed E-state index contributed by atoms with van der Waals surface area (Å²) in [6.07, 6.45) is -4.14. The molecule has 10 nitrogen and oxygen atoms in total. The average molecular weight is 563 g/mol. The van der Waals surface area contributed by atoms with Gasteiger partial charge < -0.3 is 19.1 Å². The van der Waals surface area contributed by atoms with E-state index in [0.717, 1.165) is 0 Å². The van der Waals surface area contributed by atoms with E-state index in [-0.39, 0.29) is 16.1 Å². The lowest BCUT2D eigenvalue weighted by Crippen LogP contribution is -2.31. The Hall–Kier alpha value is -2.01. The number of H-pyrrole nitrogens is 1. The number of benzene rings is 1. The lowest BCUT2D eigenvalue weighted by Gasteiger charge is -2.24. The van der Waals surface area contributed by atoms with Gasteiger partial charge in [-0.15, -0.1) is 11.6 Å². The zero-order valence-electron chi connectivity index (χ0n) is 22.1. The summed E-state index contributed by atoms with van der Waals surface area (Å²) in [5.41, 5.74) is -0.137. The Bertz CT molecular complexity index is 1310. The molecule has 1 saturated heterocycles. The average Bonchev–Trinajstić information content (AvgIpc) is 3.11. The molecule has 36 heavy (non-hydrogen) atoms. The molecule has 1 unspecified atom stereocenters. The first kappa shape index (κ1) is 25.6. The predicted molar refractivity (Wildman–Crippen MR) is 136 cm³/mol. The number of alkyl halides is 1. The van der Waals surface area contributed by atoms with E-state index in [1.807, 2.05) is 0 Å². The van der Waals surface area contributed by atoms with E-state index < -0.39 is 67.7 Å². The fourth-order valence-corrected chi connectivity index (χ4v) is 5.63. The normalized spacial score (nSPS) is 25.5. The summed E-state index contributed by atoms with van der Waals surface area (Å²) in [5, 5.41) is 9.58. The van der Waals surface area contributed by atoms with Crippen molar-refractivity contribution in [3.63, 3.8) is 0 Å². The SMILES string of the molecule is [2H]C([2H])(O[P@](=O)(C[C@@H](C)C(=O)OC(C)C)Oc1ccccc1)[C@@H]1O[C@H](n2cc(C)c(=O)[nH]c2=S)[C@H](Cl)C1O. The quantitative estimate of drug-likeness (QED) is 0.191. The van der Waals surface area contributed by atoms with Crippen molar-refractivity contribution in [3.05, 3.63) is 57.2 Å². The number of nitrogens with zero attached hydrogens (tertiary/aromatic N) is 1. The third-order valence-electron chi connectivity index (χ3n) is 5.16. The highest BCUT2D eigenvalue weighted by molar-refractivity contribution is 7.71. The van der Waals surface area contributed by atoms with Gasteiger partial charge in [0.2, 0.25) is 0 Å². The van der Waals surface area contributed by atoms with Crippen molar-refractivity contribution in [1.82, 2.24) is 9.55 Å². The molecule has 2 aromatic rings. The van der Waals surface area contributed by atoms with Gasteiger partial charge in [0.25, 0.3) is 5.56 Å². The number of carbonyl (C=O) groups is 1. The number of hydrogen-bond acceptors (Lipinski definition) is 9. The van der Waals surface area contributed by atoms with Gasteiger partial charge >= 0.3 is 13.6 Å². The summed E-state index contributed by atoms with van der Waals surface area (Å²) in [4.78, 5) is 26.7. The molecule has 1 aromatic heterocycles. The third kappa shape index (κ3) is 7.06. The standard InChI is InChI=1S/C23H30ClN2O8PS/c1-13(2)32-22(29)15(4)12-35(30,34-16-8-6-5-7-9-16)31-11-17-19(27)18(24)21(33-17)26-10-14(3)20(28)25-23(26)36/h5-10,13,15,17-19,21,27H,11-12H2,1-4H3,(H,25,28,36)/t15-,17+,18-,19?,21+,35-/m1/s1/i11D2.